The Morgan fingerprint density at radius 3 is 2.43 bits per heavy atom. The molecular formula is C26H20F8N8O2. The normalized spacial score (nSPS) is 19.8. The molecule has 44 heavy (non-hydrogen) atoms. The molecule has 1 atom stereocenters. The highest BCUT2D eigenvalue weighted by molar-refractivity contribution is 5.99. The van der Waals surface area contributed by atoms with Gasteiger partial charge >= 0.3 is 12.2 Å². The Morgan fingerprint density at radius 1 is 1.07 bits per heavy atom. The van der Waals surface area contributed by atoms with Crippen molar-refractivity contribution in [3.05, 3.63) is 65.5 Å². The van der Waals surface area contributed by atoms with Gasteiger partial charge in [0.15, 0.2) is 0 Å². The molecule has 1 unspecified atom stereocenters. The minimum Gasteiger partial charge on any atom is -0.403 e. The van der Waals surface area contributed by atoms with E-state index in [1.54, 1.807) is 0 Å². The molecule has 2 aromatic carbocycles. The van der Waals surface area contributed by atoms with Crippen molar-refractivity contribution in [2.45, 2.75) is 43.4 Å². The van der Waals surface area contributed by atoms with Crippen molar-refractivity contribution in [1.29, 1.82) is 0 Å². The summed E-state index contributed by atoms with van der Waals surface area (Å²) >= 11 is 0. The smallest absolute Gasteiger partial charge is 0.403 e. The van der Waals surface area contributed by atoms with Crippen molar-refractivity contribution in [3.8, 4) is 17.1 Å². The van der Waals surface area contributed by atoms with Gasteiger partial charge in [0.2, 0.25) is 5.91 Å². The highest BCUT2D eigenvalue weighted by atomic mass is 19.4. The van der Waals surface area contributed by atoms with Gasteiger partial charge in [0.1, 0.15) is 12.1 Å². The van der Waals surface area contributed by atoms with Gasteiger partial charge in [-0.2, -0.15) is 13.2 Å². The van der Waals surface area contributed by atoms with E-state index in [1.807, 2.05) is 0 Å². The summed E-state index contributed by atoms with van der Waals surface area (Å²) in [5.41, 5.74) is 4.65. The van der Waals surface area contributed by atoms with Crippen LogP contribution in [0.3, 0.4) is 0 Å². The average Bonchev–Trinajstić information content (AvgIpc) is 3.70. The molecule has 4 aromatic rings. The quantitative estimate of drug-likeness (QED) is 0.317. The number of halogens is 8. The summed E-state index contributed by atoms with van der Waals surface area (Å²) in [5, 5.41) is 10.8. The lowest BCUT2D eigenvalue weighted by molar-refractivity contribution is -0.144. The number of carbonyl (C=O) groups is 1. The Balaban J connectivity index is 1.34. The maximum atomic E-state index is 15.3. The van der Waals surface area contributed by atoms with Crippen LogP contribution in [-0.2, 0) is 23.4 Å². The zero-order chi connectivity index (χ0) is 31.6. The van der Waals surface area contributed by atoms with Gasteiger partial charge < -0.3 is 20.0 Å². The Labute approximate surface area is 242 Å². The lowest BCUT2D eigenvalue weighted by Gasteiger charge is -2.25. The van der Waals surface area contributed by atoms with Crippen LogP contribution in [0.25, 0.3) is 17.1 Å². The molecule has 0 saturated carbocycles. The predicted molar refractivity (Wildman–Crippen MR) is 136 cm³/mol. The molecule has 232 valence electrons. The van der Waals surface area contributed by atoms with E-state index >= 15 is 13.2 Å². The minimum absolute atomic E-state index is 0.104. The Hall–Kier alpha value is -4.61. The van der Waals surface area contributed by atoms with Crippen molar-refractivity contribution in [2.24, 2.45) is 5.73 Å². The van der Waals surface area contributed by atoms with E-state index in [1.165, 1.54) is 24.3 Å². The number of hydrogen-bond donors (Lipinski definition) is 1. The topological polar surface area (TPSA) is 119 Å². The summed E-state index contributed by atoms with van der Waals surface area (Å²) in [4.78, 5) is 18.5. The van der Waals surface area contributed by atoms with Gasteiger partial charge in [-0.1, -0.05) is 17.2 Å². The Bertz CT molecular complexity index is 1720. The largest absolute Gasteiger partial charge is 0.453 e. The van der Waals surface area contributed by atoms with E-state index in [2.05, 4.69) is 20.3 Å². The van der Waals surface area contributed by atoms with Crippen LogP contribution in [0.5, 0.6) is 0 Å². The standard InChI is InChI=1S/C26H20F8N8O2/c27-17-8-16-19(7-15(17)20-37-38-23(44-20)40-6-5-24(28,29)11-40)41(21(43)18(35)9-25(16,30)31)10-13-1-3-14(4-2-13)42-12-36-22(39-42)26(32,33)34/h1-4,7-8,12,18H,5-6,9-11,35H2. The first kappa shape index (κ1) is 29.5. The molecule has 1 amide bonds. The average molecular weight is 628 g/mol. The van der Waals surface area contributed by atoms with Gasteiger partial charge in [-0.25, -0.2) is 31.6 Å². The number of amides is 1. The van der Waals surface area contributed by atoms with Gasteiger partial charge in [0.25, 0.3) is 23.6 Å². The first-order valence-electron chi connectivity index (χ1n) is 12.9. The van der Waals surface area contributed by atoms with E-state index in [0.29, 0.717) is 11.6 Å². The maximum absolute atomic E-state index is 15.3. The number of carbonyl (C=O) groups excluding carboxylic acids is 1. The molecule has 1 fully saturated rings. The fraction of sp³-hybridized carbons (Fsp3) is 0.346. The molecule has 0 aliphatic carbocycles. The van der Waals surface area contributed by atoms with Crippen molar-refractivity contribution in [1.82, 2.24) is 25.0 Å². The first-order chi connectivity index (χ1) is 20.6. The van der Waals surface area contributed by atoms with Crippen molar-refractivity contribution in [2.75, 3.05) is 22.9 Å². The second-order valence-corrected chi connectivity index (χ2v) is 10.4. The summed E-state index contributed by atoms with van der Waals surface area (Å²) in [7, 11) is 0. The fourth-order valence-corrected chi connectivity index (χ4v) is 5.00. The molecule has 2 aliphatic rings. The maximum Gasteiger partial charge on any atom is 0.453 e. The van der Waals surface area contributed by atoms with Gasteiger partial charge in [0.05, 0.1) is 36.1 Å². The molecular weight excluding hydrogens is 608 g/mol. The lowest BCUT2D eigenvalue weighted by Crippen LogP contribution is -2.43. The Morgan fingerprint density at radius 2 is 1.80 bits per heavy atom. The molecule has 4 heterocycles. The monoisotopic (exact) mass is 628 g/mol. The van der Waals surface area contributed by atoms with Crippen LogP contribution in [0.15, 0.2) is 47.1 Å². The lowest BCUT2D eigenvalue weighted by atomic mass is 9.99. The summed E-state index contributed by atoms with van der Waals surface area (Å²) in [6, 6.07) is 5.06. The zero-order valence-corrected chi connectivity index (χ0v) is 22.2. The van der Waals surface area contributed by atoms with Crippen LogP contribution in [0, 0.1) is 5.82 Å². The molecule has 2 aromatic heterocycles. The highest BCUT2D eigenvalue weighted by Crippen LogP contribution is 2.45. The van der Waals surface area contributed by atoms with Crippen molar-refractivity contribution >= 4 is 17.6 Å². The number of alkyl halides is 7. The summed E-state index contributed by atoms with van der Waals surface area (Å²) in [5.74, 6) is -10.7. The number of fused-ring (bicyclic) bond motifs is 1. The van der Waals surface area contributed by atoms with Crippen molar-refractivity contribution in [3.63, 3.8) is 0 Å². The SMILES string of the molecule is NC1CC(F)(F)c2cc(F)c(-c3nnc(N4CCC(F)(F)C4)o3)cc2N(Cc2ccc(-n3cnc(C(F)(F)F)n3)cc2)C1=O. The molecule has 0 radical (unpaired) electrons. The predicted octanol–water partition coefficient (Wildman–Crippen LogP) is 4.68. The van der Waals surface area contributed by atoms with E-state index in [9.17, 15) is 26.7 Å². The van der Waals surface area contributed by atoms with Crippen LogP contribution in [0.4, 0.5) is 46.8 Å². The summed E-state index contributed by atoms with van der Waals surface area (Å²) in [6.45, 7) is -1.15. The molecule has 18 heteroatoms. The number of aromatic nitrogens is 5. The molecule has 10 nitrogen and oxygen atoms in total. The zero-order valence-electron chi connectivity index (χ0n) is 22.2. The van der Waals surface area contributed by atoms with E-state index in [0.717, 1.165) is 26.9 Å². The molecule has 0 spiro atoms. The van der Waals surface area contributed by atoms with Crippen LogP contribution in [0.2, 0.25) is 0 Å². The number of benzene rings is 2. The van der Waals surface area contributed by atoms with Crippen LogP contribution >= 0.6 is 0 Å². The van der Waals surface area contributed by atoms with Gasteiger partial charge in [-0.3, -0.25) is 4.79 Å². The number of nitrogens with zero attached hydrogens (tertiary/aromatic N) is 7. The third-order valence-electron chi connectivity index (χ3n) is 7.20. The van der Waals surface area contributed by atoms with Gasteiger partial charge in [-0.15, -0.1) is 10.2 Å². The van der Waals surface area contributed by atoms with Crippen LogP contribution in [-0.4, -0.2) is 55.9 Å². The highest BCUT2D eigenvalue weighted by Gasteiger charge is 2.45. The van der Waals surface area contributed by atoms with Gasteiger partial charge in [0, 0.05) is 24.9 Å². The Kier molecular flexibility index (Phi) is 6.86. The molecule has 2 N–H and O–H groups in total. The number of anilines is 2. The first-order valence-corrected chi connectivity index (χ1v) is 12.9. The van der Waals surface area contributed by atoms with Crippen LogP contribution in [0.1, 0.15) is 29.8 Å². The molecule has 1 saturated heterocycles. The number of hydrogen-bond acceptors (Lipinski definition) is 8. The third kappa shape index (κ3) is 5.44. The second kappa shape index (κ2) is 10.2. The number of nitrogens with two attached hydrogens (primary N) is 1. The van der Waals surface area contributed by atoms with E-state index < -0.39 is 83.7 Å². The molecule has 6 rings (SSSR count). The second-order valence-electron chi connectivity index (χ2n) is 10.4. The van der Waals surface area contributed by atoms with E-state index in [4.69, 9.17) is 10.2 Å². The summed E-state index contributed by atoms with van der Waals surface area (Å²) in [6.07, 6.45) is -5.47. The van der Waals surface area contributed by atoms with Gasteiger partial charge in [-0.05, 0) is 29.8 Å². The fourth-order valence-electron chi connectivity index (χ4n) is 5.00. The number of rotatable bonds is 5. The minimum atomic E-state index is -4.75. The molecule has 2 aliphatic heterocycles. The van der Waals surface area contributed by atoms with Crippen molar-refractivity contribution < 1.29 is 44.3 Å². The molecule has 0 bridgehead atoms. The van der Waals surface area contributed by atoms with E-state index in [-0.39, 0.29) is 24.8 Å². The third-order valence-corrected chi connectivity index (χ3v) is 7.20. The van der Waals surface area contributed by atoms with Crippen LogP contribution < -0.4 is 15.5 Å². The summed E-state index contributed by atoms with van der Waals surface area (Å²) < 4.78 is 118.